The molecule has 1 atom stereocenters. The molecule has 0 saturated heterocycles. The van der Waals surface area contributed by atoms with Gasteiger partial charge >= 0.3 is 5.97 Å². The lowest BCUT2D eigenvalue weighted by Crippen LogP contribution is -2.12. The van der Waals surface area contributed by atoms with Crippen LogP contribution in [0.2, 0.25) is 0 Å². The van der Waals surface area contributed by atoms with Crippen molar-refractivity contribution in [1.82, 2.24) is 9.97 Å². The van der Waals surface area contributed by atoms with Crippen LogP contribution in [0.5, 0.6) is 0 Å². The minimum absolute atomic E-state index is 0.0796. The van der Waals surface area contributed by atoms with Crippen LogP contribution in [0.15, 0.2) is 23.8 Å². The Kier molecular flexibility index (Phi) is 3.96. The highest BCUT2D eigenvalue weighted by molar-refractivity contribution is 7.09. The Morgan fingerprint density at radius 3 is 2.95 bits per heavy atom. The van der Waals surface area contributed by atoms with Gasteiger partial charge in [0.05, 0.1) is 16.3 Å². The largest absolute Gasteiger partial charge is 0.478 e. The zero-order valence-corrected chi connectivity index (χ0v) is 11.1. The molecule has 0 saturated carbocycles. The lowest BCUT2D eigenvalue weighted by Gasteiger charge is -2.12. The number of nitrogens with zero attached hydrogens (tertiary/aromatic N) is 2. The van der Waals surface area contributed by atoms with E-state index in [0.29, 0.717) is 18.1 Å². The number of pyridine rings is 1. The van der Waals surface area contributed by atoms with Crippen molar-refractivity contribution in [3.8, 4) is 0 Å². The summed E-state index contributed by atoms with van der Waals surface area (Å²) in [7, 11) is 0. The summed E-state index contributed by atoms with van der Waals surface area (Å²) >= 11 is 1.60. The molecule has 0 spiro atoms. The van der Waals surface area contributed by atoms with Gasteiger partial charge < -0.3 is 16.2 Å². The molecule has 0 aliphatic heterocycles. The summed E-state index contributed by atoms with van der Waals surface area (Å²) in [4.78, 5) is 19.0. The van der Waals surface area contributed by atoms with Crippen LogP contribution in [-0.4, -0.2) is 27.6 Å². The summed E-state index contributed by atoms with van der Waals surface area (Å²) < 4.78 is 0. The average Bonchev–Trinajstić information content (AvgIpc) is 2.90. The van der Waals surface area contributed by atoms with Gasteiger partial charge in [-0.15, -0.1) is 11.3 Å². The number of nitrogen functional groups attached to an aromatic ring is 1. The Labute approximate surface area is 114 Å². The predicted molar refractivity (Wildman–Crippen MR) is 74.6 cm³/mol. The fourth-order valence-corrected chi connectivity index (χ4v) is 2.26. The molecule has 0 radical (unpaired) electrons. The van der Waals surface area contributed by atoms with Crippen molar-refractivity contribution in [3.05, 3.63) is 34.4 Å². The van der Waals surface area contributed by atoms with Crippen LogP contribution < -0.4 is 11.1 Å². The summed E-state index contributed by atoms with van der Waals surface area (Å²) in [6.07, 6.45) is 3.06. The van der Waals surface area contributed by atoms with Crippen LogP contribution >= 0.6 is 11.3 Å². The molecule has 0 aromatic carbocycles. The quantitative estimate of drug-likeness (QED) is 0.773. The molecule has 4 N–H and O–H groups in total. The van der Waals surface area contributed by atoms with Gasteiger partial charge in [0, 0.05) is 30.2 Å². The fraction of sp³-hybridized carbons (Fsp3) is 0.250. The first-order chi connectivity index (χ1) is 9.08. The number of aromatic nitrogens is 2. The predicted octanol–water partition coefficient (Wildman–Crippen LogP) is 2.03. The molecule has 0 aliphatic carbocycles. The molecule has 2 heterocycles. The van der Waals surface area contributed by atoms with Gasteiger partial charge in [-0.25, -0.2) is 14.8 Å². The van der Waals surface area contributed by atoms with Crippen LogP contribution in [-0.2, 0) is 0 Å². The zero-order chi connectivity index (χ0) is 13.8. The molecular weight excluding hydrogens is 264 g/mol. The summed E-state index contributed by atoms with van der Waals surface area (Å²) in [6, 6.07) is 1.39. The molecule has 0 bridgehead atoms. The maximum Gasteiger partial charge on any atom is 0.337 e. The normalized spacial score (nSPS) is 12.1. The first-order valence-corrected chi connectivity index (χ1v) is 6.58. The highest BCUT2D eigenvalue weighted by Gasteiger charge is 2.11. The Morgan fingerprint density at radius 2 is 2.37 bits per heavy atom. The van der Waals surface area contributed by atoms with E-state index in [2.05, 4.69) is 15.3 Å². The highest BCUT2D eigenvalue weighted by atomic mass is 32.1. The Hall–Kier alpha value is -2.15. The molecule has 100 valence electrons. The number of thiazole rings is 1. The molecule has 2 aromatic heterocycles. The zero-order valence-electron chi connectivity index (χ0n) is 10.3. The minimum Gasteiger partial charge on any atom is -0.478 e. The molecule has 2 aromatic rings. The maximum atomic E-state index is 10.8. The number of nitrogens with one attached hydrogen (secondary N) is 1. The first-order valence-electron chi connectivity index (χ1n) is 5.70. The number of carboxylic acid groups (broad SMARTS) is 1. The third-order valence-electron chi connectivity index (χ3n) is 2.61. The van der Waals surface area contributed by atoms with E-state index in [-0.39, 0.29) is 11.5 Å². The van der Waals surface area contributed by atoms with Crippen LogP contribution in [0, 0.1) is 0 Å². The van der Waals surface area contributed by atoms with Crippen molar-refractivity contribution in [2.75, 3.05) is 17.6 Å². The van der Waals surface area contributed by atoms with Crippen molar-refractivity contribution in [2.45, 2.75) is 12.8 Å². The second-order valence-electron chi connectivity index (χ2n) is 4.12. The lowest BCUT2D eigenvalue weighted by atomic mass is 10.2. The monoisotopic (exact) mass is 278 g/mol. The molecule has 1 unspecified atom stereocenters. The SMILES string of the molecule is CC(CNc1ncc(C(=O)O)cc1N)c1nccs1. The third kappa shape index (κ3) is 3.19. The molecule has 0 aliphatic rings. The second kappa shape index (κ2) is 5.66. The molecule has 6 nitrogen and oxygen atoms in total. The van der Waals surface area contributed by atoms with E-state index in [1.54, 1.807) is 17.5 Å². The van der Waals surface area contributed by atoms with E-state index in [0.717, 1.165) is 5.01 Å². The molecule has 19 heavy (non-hydrogen) atoms. The summed E-state index contributed by atoms with van der Waals surface area (Å²) in [5.41, 5.74) is 6.17. The first kappa shape index (κ1) is 13.3. The van der Waals surface area contributed by atoms with Gasteiger partial charge in [0.1, 0.15) is 5.82 Å². The van der Waals surface area contributed by atoms with Crippen LogP contribution in [0.25, 0.3) is 0 Å². The number of anilines is 2. The number of aromatic carboxylic acids is 1. The highest BCUT2D eigenvalue weighted by Crippen LogP contribution is 2.21. The van der Waals surface area contributed by atoms with Crippen molar-refractivity contribution in [2.24, 2.45) is 0 Å². The Morgan fingerprint density at radius 1 is 1.58 bits per heavy atom. The number of hydrogen-bond acceptors (Lipinski definition) is 6. The van der Waals surface area contributed by atoms with Gasteiger partial charge in [-0.3, -0.25) is 0 Å². The smallest absolute Gasteiger partial charge is 0.337 e. The number of carbonyl (C=O) groups is 1. The van der Waals surface area contributed by atoms with Gasteiger partial charge in [0.2, 0.25) is 0 Å². The van der Waals surface area contributed by atoms with Gasteiger partial charge in [-0.05, 0) is 6.07 Å². The van der Waals surface area contributed by atoms with Crippen molar-refractivity contribution in [1.29, 1.82) is 0 Å². The topological polar surface area (TPSA) is 101 Å². The standard InChI is InChI=1S/C12H14N4O2S/c1-7(11-14-2-3-19-11)5-15-10-9(13)4-8(6-16-10)12(17)18/h2-4,6-7H,5,13H2,1H3,(H,15,16)(H,17,18). The molecular formula is C12H14N4O2S. The third-order valence-corrected chi connectivity index (χ3v) is 3.62. The lowest BCUT2D eigenvalue weighted by molar-refractivity contribution is 0.0696. The minimum atomic E-state index is -1.04. The van der Waals surface area contributed by atoms with E-state index in [4.69, 9.17) is 10.8 Å². The maximum absolute atomic E-state index is 10.8. The van der Waals surface area contributed by atoms with E-state index >= 15 is 0 Å². The van der Waals surface area contributed by atoms with Crippen LogP contribution in [0.1, 0.15) is 28.2 Å². The number of rotatable bonds is 5. The second-order valence-corrected chi connectivity index (χ2v) is 5.05. The number of carboxylic acids is 1. The van der Waals surface area contributed by atoms with Crippen LogP contribution in [0.3, 0.4) is 0 Å². The van der Waals surface area contributed by atoms with E-state index in [1.807, 2.05) is 12.3 Å². The van der Waals surface area contributed by atoms with Gasteiger partial charge in [0.15, 0.2) is 0 Å². The van der Waals surface area contributed by atoms with Crippen molar-refractivity contribution in [3.63, 3.8) is 0 Å². The van der Waals surface area contributed by atoms with Crippen molar-refractivity contribution < 1.29 is 9.90 Å². The van der Waals surface area contributed by atoms with Crippen molar-refractivity contribution >= 4 is 28.8 Å². The Bertz CT molecular complexity index is 571. The Balaban J connectivity index is 2.02. The molecule has 0 amide bonds. The summed E-state index contributed by atoms with van der Waals surface area (Å²) in [5.74, 6) is -0.310. The molecule has 2 rings (SSSR count). The van der Waals surface area contributed by atoms with E-state index < -0.39 is 5.97 Å². The number of nitrogens with two attached hydrogens (primary N) is 1. The van der Waals surface area contributed by atoms with Gasteiger partial charge in [-0.1, -0.05) is 6.92 Å². The molecule has 0 fully saturated rings. The van der Waals surface area contributed by atoms with Gasteiger partial charge in [0.25, 0.3) is 0 Å². The van der Waals surface area contributed by atoms with E-state index in [1.165, 1.54) is 12.3 Å². The van der Waals surface area contributed by atoms with E-state index in [9.17, 15) is 4.79 Å². The summed E-state index contributed by atoms with van der Waals surface area (Å²) in [5, 5.41) is 14.9. The van der Waals surface area contributed by atoms with Crippen LogP contribution in [0.4, 0.5) is 11.5 Å². The molecule has 7 heteroatoms. The van der Waals surface area contributed by atoms with Gasteiger partial charge in [-0.2, -0.15) is 0 Å². The number of hydrogen-bond donors (Lipinski definition) is 3. The fourth-order valence-electron chi connectivity index (χ4n) is 1.56. The average molecular weight is 278 g/mol. The summed E-state index contributed by atoms with van der Waals surface area (Å²) in [6.45, 7) is 2.69.